The maximum atomic E-state index is 11.9. The lowest BCUT2D eigenvalue weighted by atomic mass is 10.0. The van der Waals surface area contributed by atoms with Gasteiger partial charge in [-0.25, -0.2) is 0 Å². The number of hydrogen-bond donors (Lipinski definition) is 1. The van der Waals surface area contributed by atoms with E-state index >= 15 is 0 Å². The first-order valence-electron chi connectivity index (χ1n) is 8.91. The van der Waals surface area contributed by atoms with Gasteiger partial charge in [-0.05, 0) is 42.2 Å². The Hall–Kier alpha value is -2.89. The highest BCUT2D eigenvalue weighted by atomic mass is 16.5. The standard InChI is InChI=1S/C20H24N4O2/c1-15(2)16-8-10-17(11-9-16)26-14-20(25)21-12-5-7-19-23-22-18-6-3-4-13-24(18)19/h3-4,6,8-11,13,15H,5,7,12,14H2,1-2H3,(H,21,25). The van der Waals surface area contributed by atoms with Crippen molar-refractivity contribution in [2.24, 2.45) is 0 Å². The Labute approximate surface area is 153 Å². The van der Waals surface area contributed by atoms with Crippen molar-refractivity contribution in [3.63, 3.8) is 0 Å². The molecule has 0 fully saturated rings. The molecule has 26 heavy (non-hydrogen) atoms. The fourth-order valence-electron chi connectivity index (χ4n) is 2.68. The Morgan fingerprint density at radius 1 is 1.15 bits per heavy atom. The lowest BCUT2D eigenvalue weighted by Crippen LogP contribution is -2.30. The Morgan fingerprint density at radius 3 is 2.73 bits per heavy atom. The summed E-state index contributed by atoms with van der Waals surface area (Å²) in [5.74, 6) is 1.97. The van der Waals surface area contributed by atoms with Crippen LogP contribution < -0.4 is 10.1 Å². The minimum atomic E-state index is -0.121. The van der Waals surface area contributed by atoms with E-state index in [1.54, 1.807) is 0 Å². The summed E-state index contributed by atoms with van der Waals surface area (Å²) in [6, 6.07) is 13.7. The van der Waals surface area contributed by atoms with Gasteiger partial charge in [0.25, 0.3) is 5.91 Å². The van der Waals surface area contributed by atoms with Gasteiger partial charge in [-0.3, -0.25) is 9.20 Å². The third kappa shape index (κ3) is 4.59. The van der Waals surface area contributed by atoms with E-state index in [0.717, 1.165) is 24.3 Å². The number of nitrogens with zero attached hydrogens (tertiary/aromatic N) is 3. The molecule has 0 aliphatic rings. The number of carbonyl (C=O) groups excluding carboxylic acids is 1. The number of rotatable bonds is 8. The van der Waals surface area contributed by atoms with Crippen LogP contribution in [-0.4, -0.2) is 33.7 Å². The molecule has 0 atom stereocenters. The summed E-state index contributed by atoms with van der Waals surface area (Å²) in [6.45, 7) is 4.89. The molecule has 0 aliphatic carbocycles. The molecule has 0 unspecified atom stereocenters. The van der Waals surface area contributed by atoms with E-state index in [1.807, 2.05) is 53.1 Å². The highest BCUT2D eigenvalue weighted by Crippen LogP contribution is 2.18. The van der Waals surface area contributed by atoms with Crippen molar-refractivity contribution in [2.75, 3.05) is 13.2 Å². The number of nitrogens with one attached hydrogen (secondary N) is 1. The summed E-state index contributed by atoms with van der Waals surface area (Å²) < 4.78 is 7.49. The van der Waals surface area contributed by atoms with E-state index in [9.17, 15) is 4.79 Å². The number of aryl methyl sites for hydroxylation is 1. The summed E-state index contributed by atoms with van der Waals surface area (Å²) in [4.78, 5) is 11.9. The number of hydrogen-bond acceptors (Lipinski definition) is 4. The first kappa shape index (κ1) is 17.9. The Bertz CT molecular complexity index is 856. The molecule has 2 heterocycles. The van der Waals surface area contributed by atoms with E-state index in [1.165, 1.54) is 5.56 Å². The van der Waals surface area contributed by atoms with E-state index in [2.05, 4.69) is 29.4 Å². The van der Waals surface area contributed by atoms with Crippen LogP contribution in [0, 0.1) is 0 Å². The molecular weight excluding hydrogens is 328 g/mol. The molecule has 6 nitrogen and oxygen atoms in total. The van der Waals surface area contributed by atoms with Crippen LogP contribution in [0.2, 0.25) is 0 Å². The highest BCUT2D eigenvalue weighted by Gasteiger charge is 2.06. The predicted octanol–water partition coefficient (Wildman–Crippen LogP) is 2.98. The molecule has 1 N–H and O–H groups in total. The van der Waals surface area contributed by atoms with Gasteiger partial charge in [-0.2, -0.15) is 0 Å². The van der Waals surface area contributed by atoms with Crippen LogP contribution >= 0.6 is 0 Å². The van der Waals surface area contributed by atoms with Gasteiger partial charge in [0.15, 0.2) is 12.3 Å². The third-order valence-corrected chi connectivity index (χ3v) is 4.20. The normalized spacial score (nSPS) is 11.0. The predicted molar refractivity (Wildman–Crippen MR) is 100 cm³/mol. The topological polar surface area (TPSA) is 68.5 Å². The number of pyridine rings is 1. The quantitative estimate of drug-likeness (QED) is 0.633. The summed E-state index contributed by atoms with van der Waals surface area (Å²) in [5.41, 5.74) is 2.09. The zero-order valence-corrected chi connectivity index (χ0v) is 15.2. The molecule has 0 bridgehead atoms. The van der Waals surface area contributed by atoms with E-state index in [0.29, 0.717) is 18.2 Å². The summed E-state index contributed by atoms with van der Waals surface area (Å²) >= 11 is 0. The van der Waals surface area contributed by atoms with Crippen molar-refractivity contribution in [3.05, 3.63) is 60.0 Å². The van der Waals surface area contributed by atoms with Crippen molar-refractivity contribution >= 4 is 11.6 Å². The fourth-order valence-corrected chi connectivity index (χ4v) is 2.68. The summed E-state index contributed by atoms with van der Waals surface area (Å²) in [7, 11) is 0. The molecule has 0 spiro atoms. The molecule has 3 aromatic rings. The molecule has 0 radical (unpaired) electrons. The van der Waals surface area contributed by atoms with E-state index < -0.39 is 0 Å². The number of amides is 1. The van der Waals surface area contributed by atoms with Crippen LogP contribution in [0.3, 0.4) is 0 Å². The van der Waals surface area contributed by atoms with Crippen molar-refractivity contribution in [2.45, 2.75) is 32.6 Å². The lowest BCUT2D eigenvalue weighted by Gasteiger charge is -2.09. The van der Waals surface area contributed by atoms with Gasteiger partial charge in [0.1, 0.15) is 11.6 Å². The number of ether oxygens (including phenoxy) is 1. The molecule has 0 saturated heterocycles. The molecule has 1 amide bonds. The summed E-state index contributed by atoms with van der Waals surface area (Å²) in [6.07, 6.45) is 3.50. The van der Waals surface area contributed by atoms with E-state index in [-0.39, 0.29) is 12.5 Å². The maximum absolute atomic E-state index is 11.9. The van der Waals surface area contributed by atoms with Crippen LogP contribution in [0.5, 0.6) is 5.75 Å². The first-order valence-corrected chi connectivity index (χ1v) is 8.91. The van der Waals surface area contributed by atoms with Gasteiger partial charge in [0, 0.05) is 19.2 Å². The van der Waals surface area contributed by atoms with Gasteiger partial charge in [-0.15, -0.1) is 10.2 Å². The van der Waals surface area contributed by atoms with Crippen molar-refractivity contribution in [1.82, 2.24) is 19.9 Å². The summed E-state index contributed by atoms with van der Waals surface area (Å²) in [5, 5.41) is 11.2. The molecule has 0 aliphatic heterocycles. The second kappa shape index (κ2) is 8.47. The Morgan fingerprint density at radius 2 is 1.96 bits per heavy atom. The van der Waals surface area contributed by atoms with Gasteiger partial charge in [0.2, 0.25) is 0 Å². The van der Waals surface area contributed by atoms with Gasteiger partial charge >= 0.3 is 0 Å². The third-order valence-electron chi connectivity index (χ3n) is 4.20. The SMILES string of the molecule is CC(C)c1ccc(OCC(=O)NCCCc2nnc3ccccn23)cc1. The van der Waals surface area contributed by atoms with Gasteiger partial charge in [-0.1, -0.05) is 32.0 Å². The average molecular weight is 352 g/mol. The lowest BCUT2D eigenvalue weighted by molar-refractivity contribution is -0.123. The molecule has 1 aromatic carbocycles. The smallest absolute Gasteiger partial charge is 0.257 e. The molecule has 2 aromatic heterocycles. The fraction of sp³-hybridized carbons (Fsp3) is 0.350. The zero-order valence-electron chi connectivity index (χ0n) is 15.2. The minimum absolute atomic E-state index is 0.0227. The van der Waals surface area contributed by atoms with Crippen molar-refractivity contribution < 1.29 is 9.53 Å². The van der Waals surface area contributed by atoms with Crippen LogP contribution in [0.25, 0.3) is 5.65 Å². The Kier molecular flexibility index (Phi) is 5.84. The molecule has 136 valence electrons. The van der Waals surface area contributed by atoms with Crippen molar-refractivity contribution in [3.8, 4) is 5.75 Å². The molecule has 0 saturated carbocycles. The minimum Gasteiger partial charge on any atom is -0.484 e. The number of fused-ring (bicyclic) bond motifs is 1. The monoisotopic (exact) mass is 352 g/mol. The second-order valence-electron chi connectivity index (χ2n) is 6.51. The van der Waals surface area contributed by atoms with Crippen LogP contribution in [-0.2, 0) is 11.2 Å². The van der Waals surface area contributed by atoms with Gasteiger partial charge < -0.3 is 10.1 Å². The maximum Gasteiger partial charge on any atom is 0.257 e. The van der Waals surface area contributed by atoms with Crippen LogP contribution in [0.1, 0.15) is 37.6 Å². The zero-order chi connectivity index (χ0) is 18.4. The Balaban J connectivity index is 1.37. The number of benzene rings is 1. The van der Waals surface area contributed by atoms with Crippen LogP contribution in [0.4, 0.5) is 0 Å². The highest BCUT2D eigenvalue weighted by molar-refractivity contribution is 5.77. The largest absolute Gasteiger partial charge is 0.484 e. The van der Waals surface area contributed by atoms with Crippen molar-refractivity contribution in [1.29, 1.82) is 0 Å². The molecule has 6 heteroatoms. The number of carbonyl (C=O) groups is 1. The molecular formula is C20H24N4O2. The van der Waals surface area contributed by atoms with Gasteiger partial charge in [0.05, 0.1) is 0 Å². The number of aromatic nitrogens is 3. The second-order valence-corrected chi connectivity index (χ2v) is 6.51. The van der Waals surface area contributed by atoms with Crippen LogP contribution in [0.15, 0.2) is 48.7 Å². The van der Waals surface area contributed by atoms with E-state index in [4.69, 9.17) is 4.74 Å². The average Bonchev–Trinajstić information content (AvgIpc) is 3.07. The molecule has 3 rings (SSSR count). The first-order chi connectivity index (χ1) is 12.6.